The molecule has 1 N–H and O–H groups in total. The Balaban J connectivity index is 3.40. The summed E-state index contributed by atoms with van der Waals surface area (Å²) < 4.78 is 5.56. The Bertz CT molecular complexity index is 124. The van der Waals surface area contributed by atoms with Crippen molar-refractivity contribution in [3.05, 3.63) is 0 Å². The summed E-state index contributed by atoms with van der Waals surface area (Å²) in [5, 5.41) is 3.38. The molecule has 0 saturated carbocycles. The summed E-state index contributed by atoms with van der Waals surface area (Å²) in [6, 6.07) is 0. The maximum Gasteiger partial charge on any atom is 0.0750 e. The lowest BCUT2D eigenvalue weighted by Gasteiger charge is -2.25. The summed E-state index contributed by atoms with van der Waals surface area (Å²) >= 11 is 0. The summed E-state index contributed by atoms with van der Waals surface area (Å²) in [7, 11) is 4.16. The largest absolute Gasteiger partial charge is 0.375 e. The van der Waals surface area contributed by atoms with Gasteiger partial charge in [0, 0.05) is 26.2 Å². The molecule has 3 nitrogen and oxygen atoms in total. The van der Waals surface area contributed by atoms with Crippen molar-refractivity contribution >= 4 is 0 Å². The molecule has 0 aromatic heterocycles. The average Bonchev–Trinajstić information content (AvgIpc) is 1.98. The Labute approximate surface area is 82.4 Å². The number of likely N-dealkylation sites (N-methyl/N-ethyl adjacent to an activating group) is 1. The zero-order valence-corrected chi connectivity index (χ0v) is 9.68. The topological polar surface area (TPSA) is 24.5 Å². The maximum absolute atomic E-state index is 5.56. The first-order valence-corrected chi connectivity index (χ1v) is 4.97. The molecule has 0 aromatic rings. The molecule has 0 radical (unpaired) electrons. The number of nitrogens with zero attached hydrogens (tertiary/aromatic N) is 1. The molecular weight excluding hydrogens is 164 g/mol. The Hall–Kier alpha value is -0.120. The monoisotopic (exact) mass is 188 g/mol. The van der Waals surface area contributed by atoms with Crippen LogP contribution in [0.2, 0.25) is 0 Å². The molecule has 13 heavy (non-hydrogen) atoms. The van der Waals surface area contributed by atoms with Crippen molar-refractivity contribution in [1.82, 2.24) is 10.2 Å². The van der Waals surface area contributed by atoms with Crippen LogP contribution in [0.1, 0.15) is 20.8 Å². The molecule has 0 unspecified atom stereocenters. The zero-order valence-electron chi connectivity index (χ0n) is 9.68. The van der Waals surface area contributed by atoms with Crippen LogP contribution in [0.3, 0.4) is 0 Å². The lowest BCUT2D eigenvalue weighted by Crippen LogP contribution is -2.40. The minimum Gasteiger partial charge on any atom is -0.375 e. The smallest absolute Gasteiger partial charge is 0.0750 e. The quantitative estimate of drug-likeness (QED) is 0.602. The molecule has 0 heterocycles. The van der Waals surface area contributed by atoms with Crippen molar-refractivity contribution in [2.45, 2.75) is 26.4 Å². The molecule has 80 valence electrons. The molecule has 0 saturated heterocycles. The first kappa shape index (κ1) is 12.9. The summed E-state index contributed by atoms with van der Waals surface area (Å²) in [6.07, 6.45) is 0. The summed E-state index contributed by atoms with van der Waals surface area (Å²) in [5.74, 6) is 0. The predicted molar refractivity (Wildman–Crippen MR) is 57.1 cm³/mol. The van der Waals surface area contributed by atoms with Crippen molar-refractivity contribution < 1.29 is 4.74 Å². The first-order valence-electron chi connectivity index (χ1n) is 4.97. The average molecular weight is 188 g/mol. The van der Waals surface area contributed by atoms with Crippen molar-refractivity contribution in [3.8, 4) is 0 Å². The van der Waals surface area contributed by atoms with Gasteiger partial charge in [0.1, 0.15) is 0 Å². The van der Waals surface area contributed by atoms with Gasteiger partial charge in [-0.05, 0) is 34.9 Å². The normalized spacial score (nSPS) is 12.5. The lowest BCUT2D eigenvalue weighted by molar-refractivity contribution is -0.00880. The minimum absolute atomic E-state index is 0.0406. The van der Waals surface area contributed by atoms with E-state index >= 15 is 0 Å². The van der Waals surface area contributed by atoms with Crippen LogP contribution >= 0.6 is 0 Å². The van der Waals surface area contributed by atoms with Crippen LogP contribution in [-0.2, 0) is 4.74 Å². The third-order valence-electron chi connectivity index (χ3n) is 1.82. The van der Waals surface area contributed by atoms with Gasteiger partial charge in [-0.25, -0.2) is 0 Å². The van der Waals surface area contributed by atoms with Gasteiger partial charge in [-0.15, -0.1) is 0 Å². The van der Waals surface area contributed by atoms with Gasteiger partial charge in [-0.1, -0.05) is 0 Å². The number of hydrogen-bond donors (Lipinski definition) is 1. The molecule has 0 spiro atoms. The van der Waals surface area contributed by atoms with Crippen molar-refractivity contribution in [2.75, 3.05) is 40.3 Å². The van der Waals surface area contributed by atoms with Gasteiger partial charge in [0.25, 0.3) is 0 Å². The van der Waals surface area contributed by atoms with Crippen LogP contribution < -0.4 is 5.32 Å². The van der Waals surface area contributed by atoms with E-state index in [0.29, 0.717) is 0 Å². The fourth-order valence-corrected chi connectivity index (χ4v) is 1.13. The third kappa shape index (κ3) is 8.22. The second-order valence-electron chi connectivity index (χ2n) is 4.17. The lowest BCUT2D eigenvalue weighted by atomic mass is 10.1. The van der Waals surface area contributed by atoms with Gasteiger partial charge in [0.05, 0.1) is 5.60 Å². The van der Waals surface area contributed by atoms with E-state index < -0.39 is 0 Å². The van der Waals surface area contributed by atoms with Gasteiger partial charge in [-0.3, -0.25) is 0 Å². The zero-order chi connectivity index (χ0) is 10.3. The van der Waals surface area contributed by atoms with E-state index in [4.69, 9.17) is 4.74 Å². The SMILES string of the molecule is CCOC(C)(C)CNCCN(C)C. The van der Waals surface area contributed by atoms with Crippen LogP contribution in [0, 0.1) is 0 Å². The molecule has 0 bridgehead atoms. The minimum atomic E-state index is -0.0406. The Morgan fingerprint density at radius 3 is 2.38 bits per heavy atom. The van der Waals surface area contributed by atoms with Crippen LogP contribution in [0.25, 0.3) is 0 Å². The van der Waals surface area contributed by atoms with Crippen molar-refractivity contribution in [1.29, 1.82) is 0 Å². The highest BCUT2D eigenvalue weighted by atomic mass is 16.5. The molecule has 0 aromatic carbocycles. The highest BCUT2D eigenvalue weighted by molar-refractivity contribution is 4.71. The number of rotatable bonds is 7. The van der Waals surface area contributed by atoms with E-state index in [1.165, 1.54) is 0 Å². The predicted octanol–water partition coefficient (Wildman–Crippen LogP) is 0.953. The van der Waals surface area contributed by atoms with E-state index in [-0.39, 0.29) is 5.60 Å². The summed E-state index contributed by atoms with van der Waals surface area (Å²) in [6.45, 7) is 10.0. The number of hydrogen-bond acceptors (Lipinski definition) is 3. The fourth-order valence-electron chi connectivity index (χ4n) is 1.13. The van der Waals surface area contributed by atoms with E-state index in [2.05, 4.69) is 38.2 Å². The Morgan fingerprint density at radius 2 is 1.92 bits per heavy atom. The van der Waals surface area contributed by atoms with E-state index in [1.807, 2.05) is 6.92 Å². The Kier molecular flexibility index (Phi) is 6.29. The molecular formula is C10H24N2O. The second-order valence-corrected chi connectivity index (χ2v) is 4.17. The molecule has 0 aliphatic rings. The van der Waals surface area contributed by atoms with Gasteiger partial charge < -0.3 is 15.0 Å². The van der Waals surface area contributed by atoms with Crippen LogP contribution in [0.5, 0.6) is 0 Å². The van der Waals surface area contributed by atoms with E-state index in [0.717, 1.165) is 26.2 Å². The first-order chi connectivity index (χ1) is 5.98. The van der Waals surface area contributed by atoms with Crippen LogP contribution in [0.15, 0.2) is 0 Å². The second kappa shape index (κ2) is 6.35. The third-order valence-corrected chi connectivity index (χ3v) is 1.82. The fraction of sp³-hybridized carbons (Fsp3) is 1.00. The number of nitrogens with one attached hydrogen (secondary N) is 1. The standard InChI is InChI=1S/C10H24N2O/c1-6-13-10(2,3)9-11-7-8-12(4)5/h11H,6-9H2,1-5H3. The van der Waals surface area contributed by atoms with Crippen LogP contribution in [-0.4, -0.2) is 50.8 Å². The van der Waals surface area contributed by atoms with Crippen LogP contribution in [0.4, 0.5) is 0 Å². The maximum atomic E-state index is 5.56. The van der Waals surface area contributed by atoms with Crippen molar-refractivity contribution in [2.24, 2.45) is 0 Å². The molecule has 0 fully saturated rings. The highest BCUT2D eigenvalue weighted by Gasteiger charge is 2.16. The van der Waals surface area contributed by atoms with Gasteiger partial charge >= 0.3 is 0 Å². The molecule has 0 aliphatic heterocycles. The van der Waals surface area contributed by atoms with Gasteiger partial charge in [-0.2, -0.15) is 0 Å². The molecule has 0 aliphatic carbocycles. The molecule has 0 rings (SSSR count). The van der Waals surface area contributed by atoms with Gasteiger partial charge in [0.2, 0.25) is 0 Å². The molecule has 3 heteroatoms. The van der Waals surface area contributed by atoms with E-state index in [1.54, 1.807) is 0 Å². The summed E-state index contributed by atoms with van der Waals surface area (Å²) in [5.41, 5.74) is -0.0406. The highest BCUT2D eigenvalue weighted by Crippen LogP contribution is 2.06. The number of ether oxygens (including phenoxy) is 1. The van der Waals surface area contributed by atoms with Crippen molar-refractivity contribution in [3.63, 3.8) is 0 Å². The van der Waals surface area contributed by atoms with E-state index in [9.17, 15) is 0 Å². The summed E-state index contributed by atoms with van der Waals surface area (Å²) in [4.78, 5) is 2.17. The van der Waals surface area contributed by atoms with Gasteiger partial charge in [0.15, 0.2) is 0 Å². The Morgan fingerprint density at radius 1 is 1.31 bits per heavy atom. The molecule has 0 atom stereocenters. The molecule has 0 amide bonds.